The molecule has 0 radical (unpaired) electrons. The number of hydrogen-bond acceptors (Lipinski definition) is 4. The van der Waals surface area contributed by atoms with Gasteiger partial charge in [-0.25, -0.2) is 9.18 Å². The number of benzene rings is 4. The van der Waals surface area contributed by atoms with Gasteiger partial charge < -0.3 is 20.2 Å². The van der Waals surface area contributed by atoms with Crippen LogP contribution >= 0.6 is 0 Å². The molecule has 1 aliphatic rings. The van der Waals surface area contributed by atoms with E-state index in [1.54, 1.807) is 53.2 Å². The van der Waals surface area contributed by atoms with E-state index in [2.05, 4.69) is 0 Å². The lowest BCUT2D eigenvalue weighted by Gasteiger charge is -2.29. The number of nitrogens with zero attached hydrogens (tertiary/aromatic N) is 2. The number of hydrogen-bond donors (Lipinski definition) is 3. The Morgan fingerprint density at radius 3 is 2.26 bits per heavy atom. The molecule has 2 amide bonds. The van der Waals surface area contributed by atoms with Gasteiger partial charge in [0.2, 0.25) is 0 Å². The highest BCUT2D eigenvalue weighted by molar-refractivity contribution is 5.96. The van der Waals surface area contributed by atoms with E-state index in [0.717, 1.165) is 11.1 Å². The van der Waals surface area contributed by atoms with Crippen molar-refractivity contribution in [3.05, 3.63) is 114 Å². The number of aliphatic hydroxyl groups is 1. The van der Waals surface area contributed by atoms with Crippen molar-refractivity contribution < 1.29 is 24.5 Å². The molecule has 1 saturated heterocycles. The van der Waals surface area contributed by atoms with E-state index in [9.17, 15) is 24.5 Å². The average molecular weight is 513 g/mol. The third-order valence-electron chi connectivity index (χ3n) is 7.20. The number of anilines is 1. The standard InChI is InChI=1S/C31H29FN2O4/c1-33-27(16-17-28(36)20-10-13-23(32)14-11-20)30(34(31(33)38)24-7-3-2-4-8-24)26-15-12-22(19-29(26)37)21-6-5-9-25(35)18-21/h2-15,18-19,27-28,30,35-37H,16-17H2,1H3/t27?,28?,30-/m1/s1. The number of para-hydroxylation sites is 1. The zero-order chi connectivity index (χ0) is 26.8. The Morgan fingerprint density at radius 1 is 0.868 bits per heavy atom. The molecule has 6 nitrogen and oxygen atoms in total. The van der Waals surface area contributed by atoms with E-state index < -0.39 is 12.1 Å². The second kappa shape index (κ2) is 10.6. The summed E-state index contributed by atoms with van der Waals surface area (Å²) in [5.74, 6) is -0.210. The molecule has 0 spiro atoms. The van der Waals surface area contributed by atoms with Gasteiger partial charge in [0.15, 0.2) is 0 Å². The lowest BCUT2D eigenvalue weighted by molar-refractivity contribution is 0.148. The third kappa shape index (κ3) is 4.93. The Hall–Kier alpha value is -4.36. The molecule has 0 saturated carbocycles. The fraction of sp³-hybridized carbons (Fsp3) is 0.194. The van der Waals surface area contributed by atoms with E-state index >= 15 is 0 Å². The summed E-state index contributed by atoms with van der Waals surface area (Å²) in [6, 6.07) is 26.1. The molecule has 1 heterocycles. The molecule has 7 heteroatoms. The number of halogens is 1. The van der Waals surface area contributed by atoms with Crippen molar-refractivity contribution in [1.29, 1.82) is 0 Å². The number of amides is 2. The summed E-state index contributed by atoms with van der Waals surface area (Å²) in [6.45, 7) is 0. The van der Waals surface area contributed by atoms with Crippen LogP contribution in [0.1, 0.15) is 36.1 Å². The Kier molecular flexibility index (Phi) is 7.03. The fourth-order valence-electron chi connectivity index (χ4n) is 5.21. The second-order valence-corrected chi connectivity index (χ2v) is 9.58. The van der Waals surface area contributed by atoms with E-state index in [1.165, 1.54) is 12.1 Å². The minimum Gasteiger partial charge on any atom is -0.508 e. The van der Waals surface area contributed by atoms with E-state index in [1.807, 2.05) is 48.5 Å². The quantitative estimate of drug-likeness (QED) is 0.268. The molecule has 0 aromatic heterocycles. The Labute approximate surface area is 220 Å². The highest BCUT2D eigenvalue weighted by Crippen LogP contribution is 2.44. The molecule has 2 unspecified atom stereocenters. The molecule has 3 N–H and O–H groups in total. The molecular formula is C31H29FN2O4. The van der Waals surface area contributed by atoms with Gasteiger partial charge in [-0.3, -0.25) is 4.90 Å². The van der Waals surface area contributed by atoms with E-state index in [-0.39, 0.29) is 29.4 Å². The van der Waals surface area contributed by atoms with Crippen molar-refractivity contribution in [2.45, 2.75) is 31.0 Å². The molecule has 4 aromatic carbocycles. The largest absolute Gasteiger partial charge is 0.508 e. The van der Waals surface area contributed by atoms with Gasteiger partial charge in [-0.1, -0.05) is 54.6 Å². The lowest BCUT2D eigenvalue weighted by atomic mass is 9.91. The van der Waals surface area contributed by atoms with Crippen LogP contribution < -0.4 is 4.90 Å². The lowest BCUT2D eigenvalue weighted by Crippen LogP contribution is -2.31. The van der Waals surface area contributed by atoms with Gasteiger partial charge in [0, 0.05) is 18.3 Å². The van der Waals surface area contributed by atoms with Crippen LogP contribution in [0.5, 0.6) is 11.5 Å². The van der Waals surface area contributed by atoms with Gasteiger partial charge in [0.25, 0.3) is 0 Å². The van der Waals surface area contributed by atoms with Crippen LogP contribution in [0.2, 0.25) is 0 Å². The first kappa shape index (κ1) is 25.3. The van der Waals surface area contributed by atoms with Crippen molar-refractivity contribution >= 4 is 11.7 Å². The van der Waals surface area contributed by atoms with Gasteiger partial charge >= 0.3 is 6.03 Å². The van der Waals surface area contributed by atoms with Crippen LogP contribution in [0.3, 0.4) is 0 Å². The maximum absolute atomic E-state index is 13.5. The van der Waals surface area contributed by atoms with Crippen LogP contribution in [0.15, 0.2) is 97.1 Å². The van der Waals surface area contributed by atoms with Gasteiger partial charge in [-0.15, -0.1) is 0 Å². The van der Waals surface area contributed by atoms with Crippen LogP contribution in [0.4, 0.5) is 14.9 Å². The number of carbonyl (C=O) groups excluding carboxylic acids is 1. The summed E-state index contributed by atoms with van der Waals surface area (Å²) < 4.78 is 13.3. The van der Waals surface area contributed by atoms with Gasteiger partial charge in [0.05, 0.1) is 18.2 Å². The van der Waals surface area contributed by atoms with Gasteiger partial charge in [-0.2, -0.15) is 0 Å². The van der Waals surface area contributed by atoms with E-state index in [0.29, 0.717) is 29.7 Å². The van der Waals surface area contributed by atoms with Crippen LogP contribution in [-0.2, 0) is 0 Å². The van der Waals surface area contributed by atoms with Crippen molar-refractivity contribution in [2.24, 2.45) is 0 Å². The highest BCUT2D eigenvalue weighted by atomic mass is 19.1. The van der Waals surface area contributed by atoms with E-state index in [4.69, 9.17) is 0 Å². The summed E-state index contributed by atoms with van der Waals surface area (Å²) in [4.78, 5) is 16.9. The number of carbonyl (C=O) groups is 1. The van der Waals surface area contributed by atoms with Gasteiger partial charge in [0.1, 0.15) is 17.3 Å². The first-order chi connectivity index (χ1) is 18.3. The maximum atomic E-state index is 13.5. The average Bonchev–Trinajstić information content (AvgIpc) is 3.17. The van der Waals surface area contributed by atoms with Crippen LogP contribution in [-0.4, -0.2) is 39.3 Å². The molecule has 3 atom stereocenters. The second-order valence-electron chi connectivity index (χ2n) is 9.58. The molecule has 0 aliphatic carbocycles. The number of likely N-dealkylation sites (N-methyl/N-ethyl adjacent to an activating group) is 1. The number of aliphatic hydroxyl groups excluding tert-OH is 1. The molecule has 0 bridgehead atoms. The summed E-state index contributed by atoms with van der Waals surface area (Å²) in [6.07, 6.45) is -0.0372. The van der Waals surface area contributed by atoms with Crippen molar-refractivity contribution in [1.82, 2.24) is 4.90 Å². The predicted molar refractivity (Wildman–Crippen MR) is 144 cm³/mol. The highest BCUT2D eigenvalue weighted by Gasteiger charge is 2.46. The molecule has 38 heavy (non-hydrogen) atoms. The molecule has 194 valence electrons. The number of urea groups is 1. The molecule has 1 aliphatic heterocycles. The normalized spacial score (nSPS) is 18.1. The zero-order valence-electron chi connectivity index (χ0n) is 20.9. The monoisotopic (exact) mass is 512 g/mol. The van der Waals surface area contributed by atoms with Crippen molar-refractivity contribution in [2.75, 3.05) is 11.9 Å². The van der Waals surface area contributed by atoms with Crippen molar-refractivity contribution in [3.8, 4) is 22.6 Å². The van der Waals surface area contributed by atoms with Crippen LogP contribution in [0, 0.1) is 5.82 Å². The van der Waals surface area contributed by atoms with Crippen molar-refractivity contribution in [3.63, 3.8) is 0 Å². The molecule has 5 rings (SSSR count). The Balaban J connectivity index is 1.50. The molecular weight excluding hydrogens is 483 g/mol. The third-order valence-corrected chi connectivity index (χ3v) is 7.20. The Morgan fingerprint density at radius 2 is 1.58 bits per heavy atom. The number of aromatic hydroxyl groups is 2. The summed E-state index contributed by atoms with van der Waals surface area (Å²) in [7, 11) is 1.73. The summed E-state index contributed by atoms with van der Waals surface area (Å²) >= 11 is 0. The minimum absolute atomic E-state index is 0.0314. The number of rotatable bonds is 7. The maximum Gasteiger partial charge on any atom is 0.325 e. The zero-order valence-corrected chi connectivity index (χ0v) is 20.9. The first-order valence-corrected chi connectivity index (χ1v) is 12.5. The van der Waals surface area contributed by atoms with Crippen LogP contribution in [0.25, 0.3) is 11.1 Å². The number of phenolic OH excluding ortho intramolecular Hbond substituents is 2. The molecule has 4 aromatic rings. The topological polar surface area (TPSA) is 84.2 Å². The Bertz CT molecular complexity index is 1430. The SMILES string of the molecule is CN1C(=O)N(c2ccccc2)[C@H](c2ccc(-c3cccc(O)c3)cc2O)C1CCC(O)c1ccc(F)cc1. The summed E-state index contributed by atoms with van der Waals surface area (Å²) in [5.41, 5.74) is 3.37. The smallest absolute Gasteiger partial charge is 0.325 e. The minimum atomic E-state index is -0.827. The number of phenols is 2. The predicted octanol–water partition coefficient (Wildman–Crippen LogP) is 6.40. The first-order valence-electron chi connectivity index (χ1n) is 12.5. The fourth-order valence-corrected chi connectivity index (χ4v) is 5.21. The summed E-state index contributed by atoms with van der Waals surface area (Å²) in [5, 5.41) is 31.9. The molecule has 1 fully saturated rings. The van der Waals surface area contributed by atoms with Gasteiger partial charge in [-0.05, 0) is 72.0 Å².